The first-order valence-electron chi connectivity index (χ1n) is 5.20. The van der Waals surface area contributed by atoms with Crippen LogP contribution < -0.4 is 5.32 Å². The van der Waals surface area contributed by atoms with Crippen molar-refractivity contribution in [3.63, 3.8) is 0 Å². The van der Waals surface area contributed by atoms with Crippen molar-refractivity contribution >= 4 is 22.6 Å². The Hall–Kier alpha value is -1.24. The second kappa shape index (κ2) is 4.79. The summed E-state index contributed by atoms with van der Waals surface area (Å²) in [4.78, 5) is 4.14. The molecule has 1 aromatic rings. The Bertz CT molecular complexity index is 484. The van der Waals surface area contributed by atoms with Crippen LogP contribution in [0.5, 0.6) is 0 Å². The Morgan fingerprint density at radius 3 is 2.67 bits per heavy atom. The first-order valence-corrected chi connectivity index (χ1v) is 6.19. The largest absolute Gasteiger partial charge is 0.416 e. The van der Waals surface area contributed by atoms with Crippen molar-refractivity contribution in [3.8, 4) is 0 Å². The lowest BCUT2D eigenvalue weighted by molar-refractivity contribution is -0.137. The molecule has 1 aromatic carbocycles. The molecule has 1 unspecified atom stereocenters. The monoisotopic (exact) mass is 278 g/mol. The molecule has 0 amide bonds. The van der Waals surface area contributed by atoms with E-state index in [-0.39, 0.29) is 11.7 Å². The predicted octanol–water partition coefficient (Wildman–Crippen LogP) is 3.75. The van der Waals surface area contributed by atoms with Gasteiger partial charge in [-0.3, -0.25) is 4.99 Å². The van der Waals surface area contributed by atoms with Gasteiger partial charge in [0.15, 0.2) is 5.17 Å². The van der Waals surface area contributed by atoms with E-state index >= 15 is 0 Å². The molecule has 0 bridgehead atoms. The van der Waals surface area contributed by atoms with Gasteiger partial charge in [0.1, 0.15) is 5.82 Å². The molecule has 2 nitrogen and oxygen atoms in total. The van der Waals surface area contributed by atoms with Gasteiger partial charge in [0, 0.05) is 5.75 Å². The molecule has 2 rings (SSSR count). The summed E-state index contributed by atoms with van der Waals surface area (Å²) in [6.45, 7) is 1.88. The van der Waals surface area contributed by atoms with E-state index in [1.807, 2.05) is 6.92 Å². The van der Waals surface area contributed by atoms with Crippen LogP contribution >= 0.6 is 11.8 Å². The van der Waals surface area contributed by atoms with Crippen LogP contribution in [0.3, 0.4) is 0 Å². The van der Waals surface area contributed by atoms with E-state index in [1.54, 1.807) is 0 Å². The zero-order valence-corrected chi connectivity index (χ0v) is 10.2. The van der Waals surface area contributed by atoms with E-state index in [4.69, 9.17) is 0 Å². The lowest BCUT2D eigenvalue weighted by Gasteiger charge is -2.11. The number of benzene rings is 1. The van der Waals surface area contributed by atoms with Crippen molar-refractivity contribution in [2.24, 2.45) is 4.99 Å². The number of rotatable bonds is 1. The quantitative estimate of drug-likeness (QED) is 0.791. The van der Waals surface area contributed by atoms with Crippen molar-refractivity contribution in [3.05, 3.63) is 29.6 Å². The number of anilines is 1. The van der Waals surface area contributed by atoms with E-state index in [0.717, 1.165) is 17.9 Å². The van der Waals surface area contributed by atoms with Crippen LogP contribution in [0.2, 0.25) is 0 Å². The summed E-state index contributed by atoms with van der Waals surface area (Å²) in [5.41, 5.74) is -1.09. The highest BCUT2D eigenvalue weighted by molar-refractivity contribution is 8.14. The smallest absolute Gasteiger partial charge is 0.333 e. The number of thioether (sulfide) groups is 1. The molecular weight excluding hydrogens is 268 g/mol. The van der Waals surface area contributed by atoms with E-state index in [2.05, 4.69) is 10.3 Å². The molecule has 0 spiro atoms. The maximum atomic E-state index is 13.4. The van der Waals surface area contributed by atoms with Crippen LogP contribution in [0, 0.1) is 5.82 Å². The summed E-state index contributed by atoms with van der Waals surface area (Å²) in [5, 5.41) is 3.04. The van der Waals surface area contributed by atoms with Gasteiger partial charge in [0.2, 0.25) is 0 Å². The van der Waals surface area contributed by atoms with Crippen LogP contribution in [0.1, 0.15) is 12.5 Å². The molecule has 1 N–H and O–H groups in total. The summed E-state index contributed by atoms with van der Waals surface area (Å²) < 4.78 is 50.9. The van der Waals surface area contributed by atoms with Crippen LogP contribution in [0.25, 0.3) is 0 Å². The molecule has 7 heteroatoms. The summed E-state index contributed by atoms with van der Waals surface area (Å²) in [7, 11) is 0. The highest BCUT2D eigenvalue weighted by atomic mass is 32.2. The zero-order chi connectivity index (χ0) is 13.3. The molecule has 1 atom stereocenters. The third kappa shape index (κ3) is 2.95. The summed E-state index contributed by atoms with van der Waals surface area (Å²) in [5.74, 6) is 0.00831. The number of hydrogen-bond donors (Lipinski definition) is 1. The number of amidine groups is 1. The predicted molar refractivity (Wildman–Crippen MR) is 64.4 cm³/mol. The molecule has 1 aliphatic rings. The lowest BCUT2D eigenvalue weighted by atomic mass is 10.2. The van der Waals surface area contributed by atoms with Gasteiger partial charge in [0.05, 0.1) is 17.3 Å². The van der Waals surface area contributed by atoms with Crippen LogP contribution in [0.15, 0.2) is 23.2 Å². The van der Waals surface area contributed by atoms with Crippen molar-refractivity contribution in [1.29, 1.82) is 0 Å². The molecule has 0 aliphatic carbocycles. The van der Waals surface area contributed by atoms with Crippen LogP contribution in [-0.2, 0) is 6.18 Å². The fourth-order valence-electron chi connectivity index (χ4n) is 1.46. The minimum absolute atomic E-state index is 0.0892. The van der Waals surface area contributed by atoms with Gasteiger partial charge < -0.3 is 5.32 Å². The van der Waals surface area contributed by atoms with Gasteiger partial charge >= 0.3 is 6.18 Å². The minimum Gasteiger partial charge on any atom is -0.333 e. The second-order valence-corrected chi connectivity index (χ2v) is 4.92. The van der Waals surface area contributed by atoms with Gasteiger partial charge in [-0.25, -0.2) is 4.39 Å². The average molecular weight is 278 g/mol. The van der Waals surface area contributed by atoms with E-state index in [0.29, 0.717) is 11.2 Å². The topological polar surface area (TPSA) is 24.4 Å². The molecule has 0 fully saturated rings. The van der Waals surface area contributed by atoms with Crippen LogP contribution in [0.4, 0.5) is 23.2 Å². The molecule has 1 heterocycles. The van der Waals surface area contributed by atoms with Crippen molar-refractivity contribution < 1.29 is 17.6 Å². The van der Waals surface area contributed by atoms with E-state index < -0.39 is 17.6 Å². The number of hydrogen-bond acceptors (Lipinski definition) is 3. The average Bonchev–Trinajstić information content (AvgIpc) is 2.66. The molecule has 0 radical (unpaired) electrons. The van der Waals surface area contributed by atoms with E-state index in [9.17, 15) is 17.6 Å². The van der Waals surface area contributed by atoms with Gasteiger partial charge in [-0.05, 0) is 25.1 Å². The Morgan fingerprint density at radius 1 is 1.39 bits per heavy atom. The van der Waals surface area contributed by atoms with Gasteiger partial charge in [-0.1, -0.05) is 11.8 Å². The number of halogens is 4. The summed E-state index contributed by atoms with van der Waals surface area (Å²) in [6, 6.07) is 2.36. The number of nitrogens with one attached hydrogen (secondary N) is 1. The third-order valence-corrected chi connectivity index (χ3v) is 3.46. The number of aliphatic imine (C=N–C) groups is 1. The summed E-state index contributed by atoms with van der Waals surface area (Å²) in [6.07, 6.45) is -4.48. The number of nitrogens with zero attached hydrogens (tertiary/aromatic N) is 1. The van der Waals surface area contributed by atoms with Gasteiger partial charge in [0.25, 0.3) is 0 Å². The maximum absolute atomic E-state index is 13.4. The highest BCUT2D eigenvalue weighted by Crippen LogP contribution is 2.32. The zero-order valence-electron chi connectivity index (χ0n) is 9.38. The summed E-state index contributed by atoms with van der Waals surface area (Å²) >= 11 is 1.36. The molecule has 0 saturated heterocycles. The number of alkyl halides is 3. The maximum Gasteiger partial charge on any atom is 0.416 e. The Labute approximate surface area is 105 Å². The molecule has 18 heavy (non-hydrogen) atoms. The fraction of sp³-hybridized carbons (Fsp3) is 0.364. The first kappa shape index (κ1) is 13.2. The van der Waals surface area contributed by atoms with E-state index in [1.165, 1.54) is 11.8 Å². The Balaban J connectivity index is 2.25. The minimum atomic E-state index is -4.48. The van der Waals surface area contributed by atoms with Gasteiger partial charge in [-0.2, -0.15) is 13.2 Å². The van der Waals surface area contributed by atoms with Crippen molar-refractivity contribution in [2.75, 3.05) is 11.1 Å². The third-order valence-electron chi connectivity index (χ3n) is 2.33. The van der Waals surface area contributed by atoms with Gasteiger partial charge in [-0.15, -0.1) is 0 Å². The first-order chi connectivity index (χ1) is 8.36. The molecule has 0 saturated carbocycles. The second-order valence-electron chi connectivity index (χ2n) is 3.91. The Kier molecular flexibility index (Phi) is 3.52. The van der Waals surface area contributed by atoms with Crippen molar-refractivity contribution in [2.45, 2.75) is 19.1 Å². The SMILES string of the molecule is CC1CSC(Nc2cc(C(F)(F)F)ccc2F)=N1. The van der Waals surface area contributed by atoms with Crippen molar-refractivity contribution in [1.82, 2.24) is 0 Å². The standard InChI is InChI=1S/C11H10F4N2S/c1-6-5-18-10(16-6)17-9-4-7(11(13,14)15)2-3-8(9)12/h2-4,6H,5H2,1H3,(H,16,17). The Morgan fingerprint density at radius 2 is 2.11 bits per heavy atom. The molecule has 0 aromatic heterocycles. The molecular formula is C11H10F4N2S. The molecule has 98 valence electrons. The lowest BCUT2D eigenvalue weighted by Crippen LogP contribution is -2.10. The normalized spacial score (nSPS) is 19.8. The fourth-order valence-corrected chi connectivity index (χ4v) is 2.37. The highest BCUT2D eigenvalue weighted by Gasteiger charge is 2.31. The van der Waals surface area contributed by atoms with Crippen LogP contribution in [-0.4, -0.2) is 17.0 Å². The molecule has 1 aliphatic heterocycles.